The first-order chi connectivity index (χ1) is 8.70. The highest BCUT2D eigenvalue weighted by Crippen LogP contribution is 2.29. The average molecular weight is 249 g/mol. The lowest BCUT2D eigenvalue weighted by Gasteiger charge is -2.36. The van der Waals surface area contributed by atoms with E-state index in [9.17, 15) is 4.79 Å². The van der Waals surface area contributed by atoms with Crippen molar-refractivity contribution in [1.29, 1.82) is 5.26 Å². The molecule has 4 heteroatoms. The Morgan fingerprint density at radius 1 is 1.17 bits per heavy atom. The van der Waals surface area contributed by atoms with Gasteiger partial charge in [-0.05, 0) is 31.6 Å². The van der Waals surface area contributed by atoms with Gasteiger partial charge in [-0.3, -0.25) is 9.69 Å². The third kappa shape index (κ3) is 3.23. The number of rotatable bonds is 2. The first-order valence-corrected chi connectivity index (χ1v) is 7.09. The molecule has 18 heavy (non-hydrogen) atoms. The Hall–Kier alpha value is -1.08. The third-order valence-electron chi connectivity index (χ3n) is 4.34. The summed E-state index contributed by atoms with van der Waals surface area (Å²) < 4.78 is 0. The van der Waals surface area contributed by atoms with Gasteiger partial charge in [0.25, 0.3) is 0 Å². The molecule has 100 valence electrons. The predicted molar refractivity (Wildman–Crippen MR) is 69.8 cm³/mol. The van der Waals surface area contributed by atoms with E-state index in [2.05, 4.69) is 17.9 Å². The second-order valence-corrected chi connectivity index (χ2v) is 5.72. The fourth-order valence-corrected chi connectivity index (χ4v) is 2.99. The Morgan fingerprint density at radius 2 is 1.78 bits per heavy atom. The Bertz CT molecular complexity index is 320. The number of hydrogen-bond acceptors (Lipinski definition) is 3. The van der Waals surface area contributed by atoms with Crippen LogP contribution in [0.25, 0.3) is 0 Å². The minimum atomic E-state index is 0.267. The van der Waals surface area contributed by atoms with E-state index >= 15 is 0 Å². The molecule has 4 nitrogen and oxygen atoms in total. The SMILES string of the molecule is CC1CCC(C(=O)N2CCN(CC#N)CC2)CC1. The van der Waals surface area contributed by atoms with Crippen LogP contribution >= 0.6 is 0 Å². The van der Waals surface area contributed by atoms with E-state index in [1.54, 1.807) is 0 Å². The summed E-state index contributed by atoms with van der Waals surface area (Å²) >= 11 is 0. The van der Waals surface area contributed by atoms with E-state index < -0.39 is 0 Å². The van der Waals surface area contributed by atoms with Crippen molar-refractivity contribution in [3.8, 4) is 6.07 Å². The smallest absolute Gasteiger partial charge is 0.225 e. The van der Waals surface area contributed by atoms with E-state index in [1.165, 1.54) is 12.8 Å². The monoisotopic (exact) mass is 249 g/mol. The Kier molecular flexibility index (Phi) is 4.60. The molecule has 1 amide bonds. The Balaban J connectivity index is 1.79. The normalized spacial score (nSPS) is 29.9. The topological polar surface area (TPSA) is 47.3 Å². The highest BCUT2D eigenvalue weighted by atomic mass is 16.2. The number of carbonyl (C=O) groups is 1. The number of amides is 1. The van der Waals surface area contributed by atoms with Gasteiger partial charge in [0.1, 0.15) is 0 Å². The van der Waals surface area contributed by atoms with E-state index in [1.807, 2.05) is 4.90 Å². The van der Waals surface area contributed by atoms with Crippen LogP contribution < -0.4 is 0 Å². The van der Waals surface area contributed by atoms with Crippen LogP contribution in [0.5, 0.6) is 0 Å². The predicted octanol–water partition coefficient (Wildman–Crippen LogP) is 1.48. The molecular formula is C14H23N3O. The van der Waals surface area contributed by atoms with Crippen LogP contribution in [0.15, 0.2) is 0 Å². The maximum absolute atomic E-state index is 12.4. The minimum absolute atomic E-state index is 0.267. The van der Waals surface area contributed by atoms with E-state index in [0.29, 0.717) is 12.5 Å². The van der Waals surface area contributed by atoms with Crippen LogP contribution in [-0.4, -0.2) is 48.4 Å². The van der Waals surface area contributed by atoms with E-state index in [4.69, 9.17) is 5.26 Å². The molecule has 0 N–H and O–H groups in total. The van der Waals surface area contributed by atoms with Crippen LogP contribution in [0.3, 0.4) is 0 Å². The molecule has 0 aromatic carbocycles. The van der Waals surface area contributed by atoms with Crippen molar-refractivity contribution >= 4 is 5.91 Å². The molecule has 0 aromatic heterocycles. The third-order valence-corrected chi connectivity index (χ3v) is 4.34. The first-order valence-electron chi connectivity index (χ1n) is 7.09. The molecule has 2 fully saturated rings. The lowest BCUT2D eigenvalue weighted by Crippen LogP contribution is -2.50. The fourth-order valence-electron chi connectivity index (χ4n) is 2.99. The summed E-state index contributed by atoms with van der Waals surface area (Å²) in [5.41, 5.74) is 0. The molecule has 0 aromatic rings. The molecular weight excluding hydrogens is 226 g/mol. The summed E-state index contributed by atoms with van der Waals surface area (Å²) in [6.45, 7) is 6.06. The summed E-state index contributed by atoms with van der Waals surface area (Å²) in [6.07, 6.45) is 4.53. The standard InChI is InChI=1S/C14H23N3O/c1-12-2-4-13(5-3-12)14(18)17-10-8-16(7-6-15)9-11-17/h12-13H,2-5,7-11H2,1H3. The summed E-state index contributed by atoms with van der Waals surface area (Å²) in [7, 11) is 0. The minimum Gasteiger partial charge on any atom is -0.340 e. The maximum atomic E-state index is 12.4. The molecule has 0 spiro atoms. The fraction of sp³-hybridized carbons (Fsp3) is 0.857. The molecule has 1 saturated carbocycles. The van der Waals surface area contributed by atoms with Gasteiger partial charge in [0.15, 0.2) is 0 Å². The van der Waals surface area contributed by atoms with Gasteiger partial charge in [-0.1, -0.05) is 6.92 Å². The number of carbonyl (C=O) groups excluding carboxylic acids is 1. The Morgan fingerprint density at radius 3 is 2.33 bits per heavy atom. The van der Waals surface area contributed by atoms with E-state index in [0.717, 1.165) is 44.9 Å². The van der Waals surface area contributed by atoms with Crippen molar-refractivity contribution in [2.24, 2.45) is 11.8 Å². The van der Waals surface area contributed by atoms with Crippen LogP contribution in [0.1, 0.15) is 32.6 Å². The maximum Gasteiger partial charge on any atom is 0.225 e. The summed E-state index contributed by atoms with van der Waals surface area (Å²) in [5.74, 6) is 1.42. The second kappa shape index (κ2) is 6.19. The summed E-state index contributed by atoms with van der Waals surface area (Å²) in [6, 6.07) is 2.17. The number of nitrogens with zero attached hydrogens (tertiary/aromatic N) is 3. The molecule has 2 rings (SSSR count). The van der Waals surface area contributed by atoms with Gasteiger partial charge in [0, 0.05) is 32.1 Å². The van der Waals surface area contributed by atoms with Crippen LogP contribution in [0, 0.1) is 23.2 Å². The van der Waals surface area contributed by atoms with Gasteiger partial charge in [-0.15, -0.1) is 0 Å². The van der Waals surface area contributed by atoms with Crippen LogP contribution in [-0.2, 0) is 4.79 Å². The highest BCUT2D eigenvalue weighted by molar-refractivity contribution is 5.79. The van der Waals surface area contributed by atoms with Crippen molar-refractivity contribution in [2.45, 2.75) is 32.6 Å². The second-order valence-electron chi connectivity index (χ2n) is 5.72. The van der Waals surface area contributed by atoms with Gasteiger partial charge in [0.05, 0.1) is 12.6 Å². The zero-order valence-corrected chi connectivity index (χ0v) is 11.3. The molecule has 1 aliphatic heterocycles. The number of hydrogen-bond donors (Lipinski definition) is 0. The molecule has 0 atom stereocenters. The summed E-state index contributed by atoms with van der Waals surface area (Å²) in [5, 5.41) is 8.65. The van der Waals surface area contributed by atoms with Gasteiger partial charge >= 0.3 is 0 Å². The molecule has 0 unspecified atom stereocenters. The molecule has 2 aliphatic rings. The average Bonchev–Trinajstić information content (AvgIpc) is 2.40. The zero-order valence-electron chi connectivity index (χ0n) is 11.3. The quantitative estimate of drug-likeness (QED) is 0.696. The van der Waals surface area contributed by atoms with Gasteiger partial charge < -0.3 is 4.90 Å². The number of nitriles is 1. The molecule has 1 saturated heterocycles. The van der Waals surface area contributed by atoms with E-state index in [-0.39, 0.29) is 5.92 Å². The molecule has 1 aliphatic carbocycles. The van der Waals surface area contributed by atoms with Crippen molar-refractivity contribution in [3.05, 3.63) is 0 Å². The van der Waals surface area contributed by atoms with Crippen molar-refractivity contribution < 1.29 is 4.79 Å². The molecule has 0 bridgehead atoms. The Labute approximate surface area is 110 Å². The largest absolute Gasteiger partial charge is 0.340 e. The van der Waals surface area contributed by atoms with Gasteiger partial charge in [-0.25, -0.2) is 0 Å². The molecule has 1 heterocycles. The van der Waals surface area contributed by atoms with Gasteiger partial charge in [-0.2, -0.15) is 5.26 Å². The molecule has 0 radical (unpaired) electrons. The zero-order chi connectivity index (χ0) is 13.0. The van der Waals surface area contributed by atoms with Crippen molar-refractivity contribution in [2.75, 3.05) is 32.7 Å². The lowest BCUT2D eigenvalue weighted by atomic mass is 9.82. The number of piperazine rings is 1. The van der Waals surface area contributed by atoms with Gasteiger partial charge in [0.2, 0.25) is 5.91 Å². The van der Waals surface area contributed by atoms with Crippen LogP contribution in [0.4, 0.5) is 0 Å². The first kappa shape index (κ1) is 13.4. The van der Waals surface area contributed by atoms with Crippen LogP contribution in [0.2, 0.25) is 0 Å². The van der Waals surface area contributed by atoms with Crippen molar-refractivity contribution in [3.63, 3.8) is 0 Å². The highest BCUT2D eigenvalue weighted by Gasteiger charge is 2.29. The lowest BCUT2D eigenvalue weighted by molar-refractivity contribution is -0.138. The summed E-state index contributed by atoms with van der Waals surface area (Å²) in [4.78, 5) is 16.5. The van der Waals surface area contributed by atoms with Crippen molar-refractivity contribution in [1.82, 2.24) is 9.80 Å².